The van der Waals surface area contributed by atoms with Crippen LogP contribution >= 0.6 is 34.8 Å². The van der Waals surface area contributed by atoms with Crippen molar-refractivity contribution in [1.29, 1.82) is 0 Å². The van der Waals surface area contributed by atoms with Crippen LogP contribution < -0.4 is 0 Å². The van der Waals surface area contributed by atoms with Gasteiger partial charge in [0.15, 0.2) is 0 Å². The van der Waals surface area contributed by atoms with Crippen molar-refractivity contribution in [3.63, 3.8) is 0 Å². The van der Waals surface area contributed by atoms with E-state index in [0.717, 1.165) is 0 Å². The van der Waals surface area contributed by atoms with Crippen LogP contribution in [-0.4, -0.2) is 11.1 Å². The van der Waals surface area contributed by atoms with E-state index in [4.69, 9.17) is 39.9 Å². The molecule has 0 radical (unpaired) electrons. The quantitative estimate of drug-likeness (QED) is 0.760. The predicted octanol–water partition coefficient (Wildman–Crippen LogP) is 3.65. The lowest BCUT2D eigenvalue weighted by atomic mass is 10.1. The summed E-state index contributed by atoms with van der Waals surface area (Å²) in [6, 6.07) is 1.29. The fourth-order valence-electron chi connectivity index (χ4n) is 0.842. The molecule has 13 heavy (non-hydrogen) atoms. The second-order valence-corrected chi connectivity index (χ2v) is 3.63. The molecule has 0 spiro atoms. The molecule has 0 fully saturated rings. The normalized spacial score (nSPS) is 10.2. The topological polar surface area (TPSA) is 37.3 Å². The molecule has 1 aromatic rings. The van der Waals surface area contributed by atoms with Crippen molar-refractivity contribution in [2.24, 2.45) is 0 Å². The van der Waals surface area contributed by atoms with E-state index in [2.05, 4.69) is 0 Å². The van der Waals surface area contributed by atoms with Gasteiger partial charge < -0.3 is 5.11 Å². The van der Waals surface area contributed by atoms with Gasteiger partial charge in [-0.1, -0.05) is 34.8 Å². The third-order valence-electron chi connectivity index (χ3n) is 1.62. The predicted molar refractivity (Wildman–Crippen MR) is 53.2 cm³/mol. The van der Waals surface area contributed by atoms with Crippen molar-refractivity contribution < 1.29 is 9.90 Å². The Hall–Kier alpha value is -0.440. The van der Waals surface area contributed by atoms with Gasteiger partial charge in [0.1, 0.15) is 0 Å². The maximum atomic E-state index is 10.6. The molecule has 1 aromatic carbocycles. The molecule has 0 saturated heterocycles. The Kier molecular flexibility index (Phi) is 3.06. The highest BCUT2D eigenvalue weighted by atomic mass is 35.5. The van der Waals surface area contributed by atoms with Gasteiger partial charge in [0, 0.05) is 5.02 Å². The average molecular weight is 239 g/mol. The molecular formula is C8H5Cl3O2. The standard InChI is InChI=1S/C8H5Cl3O2/c1-3-5(9)2-4(8(12)13)7(11)6(3)10/h2H,1H3,(H,12,13). The number of halogens is 3. The molecule has 70 valence electrons. The molecule has 0 heterocycles. The summed E-state index contributed by atoms with van der Waals surface area (Å²) >= 11 is 17.2. The Labute approximate surface area is 90.0 Å². The van der Waals surface area contributed by atoms with E-state index in [9.17, 15) is 4.79 Å². The third-order valence-corrected chi connectivity index (χ3v) is 2.97. The highest BCUT2D eigenvalue weighted by molar-refractivity contribution is 6.45. The summed E-state index contributed by atoms with van der Waals surface area (Å²) in [5, 5.41) is 9.21. The molecule has 0 atom stereocenters. The first-order valence-electron chi connectivity index (χ1n) is 3.32. The fraction of sp³-hybridized carbons (Fsp3) is 0.125. The van der Waals surface area contributed by atoms with Crippen molar-refractivity contribution >= 4 is 40.8 Å². The van der Waals surface area contributed by atoms with Gasteiger partial charge in [0.2, 0.25) is 0 Å². The SMILES string of the molecule is Cc1c(Cl)cc(C(=O)O)c(Cl)c1Cl. The van der Waals surface area contributed by atoms with Crippen LogP contribution in [0.5, 0.6) is 0 Å². The van der Waals surface area contributed by atoms with Crippen molar-refractivity contribution in [1.82, 2.24) is 0 Å². The molecule has 0 unspecified atom stereocenters. The Morgan fingerprint density at radius 2 is 1.85 bits per heavy atom. The molecule has 0 aliphatic rings. The van der Waals surface area contributed by atoms with E-state index in [0.29, 0.717) is 10.6 Å². The molecule has 2 nitrogen and oxygen atoms in total. The van der Waals surface area contributed by atoms with Crippen LogP contribution in [0, 0.1) is 6.92 Å². The molecule has 5 heteroatoms. The fourth-order valence-corrected chi connectivity index (χ4v) is 1.57. The second-order valence-electron chi connectivity index (χ2n) is 2.46. The zero-order valence-corrected chi connectivity index (χ0v) is 8.83. The van der Waals surface area contributed by atoms with E-state index >= 15 is 0 Å². The molecule has 0 aliphatic carbocycles. The van der Waals surface area contributed by atoms with Crippen LogP contribution in [0.1, 0.15) is 15.9 Å². The monoisotopic (exact) mass is 238 g/mol. The summed E-state index contributed by atoms with van der Waals surface area (Å²) in [5.74, 6) is -1.14. The first kappa shape index (κ1) is 10.6. The van der Waals surface area contributed by atoms with E-state index in [1.807, 2.05) is 0 Å². The molecule has 0 aliphatic heterocycles. The molecule has 1 N–H and O–H groups in total. The molecule has 0 aromatic heterocycles. The Morgan fingerprint density at radius 1 is 1.31 bits per heavy atom. The third kappa shape index (κ3) is 1.90. The Bertz CT molecular complexity index is 374. The van der Waals surface area contributed by atoms with Crippen molar-refractivity contribution in [2.45, 2.75) is 6.92 Å². The van der Waals surface area contributed by atoms with Crippen molar-refractivity contribution in [2.75, 3.05) is 0 Å². The lowest BCUT2D eigenvalue weighted by molar-refractivity contribution is 0.0697. The number of aromatic carboxylic acids is 1. The minimum absolute atomic E-state index is 0.0241. The minimum Gasteiger partial charge on any atom is -0.478 e. The van der Waals surface area contributed by atoms with Gasteiger partial charge in [-0.3, -0.25) is 0 Å². The summed E-state index contributed by atoms with van der Waals surface area (Å²) in [5.41, 5.74) is 0.501. The van der Waals surface area contributed by atoms with Gasteiger partial charge in [0.05, 0.1) is 15.6 Å². The number of carboxylic acid groups (broad SMARTS) is 1. The van der Waals surface area contributed by atoms with Gasteiger partial charge >= 0.3 is 5.97 Å². The number of carbonyl (C=O) groups is 1. The summed E-state index contributed by atoms with van der Waals surface area (Å²) in [7, 11) is 0. The van der Waals surface area contributed by atoms with E-state index in [1.54, 1.807) is 6.92 Å². The second kappa shape index (κ2) is 3.74. The van der Waals surface area contributed by atoms with Crippen LogP contribution in [0.3, 0.4) is 0 Å². The van der Waals surface area contributed by atoms with Crippen LogP contribution in [0.25, 0.3) is 0 Å². The largest absolute Gasteiger partial charge is 0.478 e. The zero-order valence-electron chi connectivity index (χ0n) is 6.57. The average Bonchev–Trinajstić information content (AvgIpc) is 2.07. The summed E-state index contributed by atoms with van der Waals surface area (Å²) in [4.78, 5) is 10.6. The van der Waals surface area contributed by atoms with E-state index in [1.165, 1.54) is 6.07 Å². The minimum atomic E-state index is -1.14. The molecule has 0 amide bonds. The van der Waals surface area contributed by atoms with E-state index < -0.39 is 5.97 Å². The van der Waals surface area contributed by atoms with Gasteiger partial charge in [-0.2, -0.15) is 0 Å². The van der Waals surface area contributed by atoms with Gasteiger partial charge in [-0.25, -0.2) is 4.79 Å². The number of hydrogen-bond donors (Lipinski definition) is 1. The highest BCUT2D eigenvalue weighted by Crippen LogP contribution is 2.33. The Morgan fingerprint density at radius 3 is 2.31 bits per heavy atom. The lowest BCUT2D eigenvalue weighted by Crippen LogP contribution is -1.99. The molecule has 0 bridgehead atoms. The van der Waals surface area contributed by atoms with Crippen molar-refractivity contribution in [3.8, 4) is 0 Å². The number of carboxylic acids is 1. The van der Waals surface area contributed by atoms with Crippen LogP contribution in [0.15, 0.2) is 6.07 Å². The molecule has 0 saturated carbocycles. The number of hydrogen-bond acceptors (Lipinski definition) is 1. The zero-order chi connectivity index (χ0) is 10.2. The van der Waals surface area contributed by atoms with Crippen LogP contribution in [0.4, 0.5) is 0 Å². The first-order valence-corrected chi connectivity index (χ1v) is 4.46. The summed E-state index contributed by atoms with van der Waals surface area (Å²) in [6.45, 7) is 1.67. The van der Waals surface area contributed by atoms with Crippen LogP contribution in [0.2, 0.25) is 15.1 Å². The summed E-state index contributed by atoms with van der Waals surface area (Å²) in [6.07, 6.45) is 0. The Balaban J connectivity index is 3.50. The van der Waals surface area contributed by atoms with Gasteiger partial charge in [-0.05, 0) is 18.6 Å². The maximum absolute atomic E-state index is 10.6. The maximum Gasteiger partial charge on any atom is 0.337 e. The number of benzene rings is 1. The lowest BCUT2D eigenvalue weighted by Gasteiger charge is -2.06. The van der Waals surface area contributed by atoms with Crippen LogP contribution in [-0.2, 0) is 0 Å². The van der Waals surface area contributed by atoms with Gasteiger partial charge in [0.25, 0.3) is 0 Å². The van der Waals surface area contributed by atoms with E-state index in [-0.39, 0.29) is 15.6 Å². The molecule has 1 rings (SSSR count). The first-order chi connectivity index (χ1) is 5.95. The summed E-state index contributed by atoms with van der Waals surface area (Å²) < 4.78 is 0. The molecular weight excluding hydrogens is 234 g/mol. The highest BCUT2D eigenvalue weighted by Gasteiger charge is 2.15. The van der Waals surface area contributed by atoms with Crippen molar-refractivity contribution in [3.05, 3.63) is 32.3 Å². The number of rotatable bonds is 1. The smallest absolute Gasteiger partial charge is 0.337 e. The van der Waals surface area contributed by atoms with Gasteiger partial charge in [-0.15, -0.1) is 0 Å².